The molecule has 0 fully saturated rings. The molecule has 176 valence electrons. The number of rotatable bonds is 10. The van der Waals surface area contributed by atoms with E-state index in [1.54, 1.807) is 6.26 Å². The zero-order valence-corrected chi connectivity index (χ0v) is 18.9. The van der Waals surface area contributed by atoms with Gasteiger partial charge < -0.3 is 9.64 Å². The number of alkyl halides is 3. The lowest BCUT2D eigenvalue weighted by atomic mass is 10.1. The van der Waals surface area contributed by atoms with Gasteiger partial charge in [0.25, 0.3) is 0 Å². The Hall–Kier alpha value is -2.31. The molecule has 0 aromatic heterocycles. The Bertz CT molecular complexity index is 1020. The number of carbonyl (C=O) groups excluding carboxylic acids is 1. The molecule has 0 aliphatic carbocycles. The Morgan fingerprint density at radius 1 is 1.16 bits per heavy atom. The second-order valence-corrected chi connectivity index (χ2v) is 9.44. The van der Waals surface area contributed by atoms with E-state index in [0.29, 0.717) is 11.3 Å². The Morgan fingerprint density at radius 3 is 2.34 bits per heavy atom. The van der Waals surface area contributed by atoms with Gasteiger partial charge in [0.15, 0.2) is 0 Å². The number of nitrogens with zero attached hydrogens (tertiary/aromatic N) is 1. The van der Waals surface area contributed by atoms with Crippen molar-refractivity contribution in [3.05, 3.63) is 59.9 Å². The summed E-state index contributed by atoms with van der Waals surface area (Å²) in [5.74, 6) is -1.43. The number of nitrogens with one attached hydrogen (secondary N) is 1. The normalized spacial score (nSPS) is 12.9. The van der Waals surface area contributed by atoms with Gasteiger partial charge in [0.05, 0.1) is 0 Å². The molecule has 1 N–H and O–H groups in total. The van der Waals surface area contributed by atoms with Crippen LogP contribution in [0.2, 0.25) is 0 Å². The van der Waals surface area contributed by atoms with Crippen LogP contribution in [-0.2, 0) is 21.4 Å². The van der Waals surface area contributed by atoms with E-state index in [2.05, 4.69) is 9.46 Å². The van der Waals surface area contributed by atoms with Crippen LogP contribution in [0.1, 0.15) is 12.0 Å². The van der Waals surface area contributed by atoms with Gasteiger partial charge in [-0.3, -0.25) is 4.79 Å². The SMILES string of the molecule is CSCCC(NS(=O)(=O)c1ccccc1F)C(=O)N(C)Cc1ccc(OC(F)(F)F)cc1. The van der Waals surface area contributed by atoms with Crippen molar-refractivity contribution in [2.75, 3.05) is 19.1 Å². The third-order valence-corrected chi connectivity index (χ3v) is 6.43. The highest BCUT2D eigenvalue weighted by Gasteiger charge is 2.31. The summed E-state index contributed by atoms with van der Waals surface area (Å²) < 4.78 is 82.1. The molecule has 0 radical (unpaired) electrons. The fourth-order valence-electron chi connectivity index (χ4n) is 2.80. The van der Waals surface area contributed by atoms with Crippen molar-refractivity contribution in [3.63, 3.8) is 0 Å². The fourth-order valence-corrected chi connectivity index (χ4v) is 4.57. The van der Waals surface area contributed by atoms with Gasteiger partial charge in [0, 0.05) is 13.6 Å². The minimum atomic E-state index is -4.81. The van der Waals surface area contributed by atoms with Gasteiger partial charge in [-0.25, -0.2) is 12.8 Å². The zero-order chi connectivity index (χ0) is 23.9. The molecule has 6 nitrogen and oxygen atoms in total. The average molecular weight is 495 g/mol. The molecule has 1 unspecified atom stereocenters. The van der Waals surface area contributed by atoms with E-state index in [1.807, 2.05) is 0 Å². The standard InChI is InChI=1S/C20H22F4N2O4S2/c1-26(13-14-7-9-15(10-8-14)30-20(22,23)24)19(27)17(11-12-31-2)25-32(28,29)18-6-4-3-5-16(18)21/h3-10,17,25H,11-13H2,1-2H3. The van der Waals surface area contributed by atoms with Crippen LogP contribution in [-0.4, -0.2) is 50.7 Å². The molecule has 1 amide bonds. The van der Waals surface area contributed by atoms with E-state index < -0.39 is 44.8 Å². The molecule has 0 saturated heterocycles. The smallest absolute Gasteiger partial charge is 0.406 e. The number of benzene rings is 2. The van der Waals surface area contributed by atoms with Crippen molar-refractivity contribution >= 4 is 27.7 Å². The van der Waals surface area contributed by atoms with E-state index in [4.69, 9.17) is 0 Å². The van der Waals surface area contributed by atoms with Crippen LogP contribution < -0.4 is 9.46 Å². The Kier molecular flexibility index (Phi) is 8.93. The number of sulfonamides is 1. The van der Waals surface area contributed by atoms with Crippen molar-refractivity contribution in [2.45, 2.75) is 30.3 Å². The Labute approximate surface area is 188 Å². The number of carbonyl (C=O) groups is 1. The highest BCUT2D eigenvalue weighted by atomic mass is 32.2. The third-order valence-electron chi connectivity index (χ3n) is 4.29. The summed E-state index contributed by atoms with van der Waals surface area (Å²) >= 11 is 1.41. The monoisotopic (exact) mass is 494 g/mol. The first-order chi connectivity index (χ1) is 14.9. The number of amides is 1. The van der Waals surface area contributed by atoms with E-state index in [-0.39, 0.29) is 13.0 Å². The minimum absolute atomic E-state index is 0.0162. The zero-order valence-electron chi connectivity index (χ0n) is 17.2. The van der Waals surface area contributed by atoms with Crippen molar-refractivity contribution < 1.29 is 35.5 Å². The second-order valence-electron chi connectivity index (χ2n) is 6.77. The first-order valence-electron chi connectivity index (χ1n) is 9.28. The molecular formula is C20H22F4N2O4S2. The van der Waals surface area contributed by atoms with E-state index in [0.717, 1.165) is 24.3 Å². The van der Waals surface area contributed by atoms with Crippen LogP contribution in [0.3, 0.4) is 0 Å². The van der Waals surface area contributed by atoms with Crippen molar-refractivity contribution in [2.24, 2.45) is 0 Å². The van der Waals surface area contributed by atoms with Gasteiger partial charge in [-0.2, -0.15) is 16.5 Å². The molecule has 0 heterocycles. The molecule has 0 aliphatic heterocycles. The topological polar surface area (TPSA) is 75.7 Å². The molecule has 0 spiro atoms. The van der Waals surface area contributed by atoms with Gasteiger partial charge in [-0.1, -0.05) is 24.3 Å². The molecule has 12 heteroatoms. The molecular weight excluding hydrogens is 472 g/mol. The van der Waals surface area contributed by atoms with Gasteiger partial charge in [0.1, 0.15) is 22.5 Å². The van der Waals surface area contributed by atoms with Crippen LogP contribution in [0.4, 0.5) is 17.6 Å². The lowest BCUT2D eigenvalue weighted by molar-refractivity contribution is -0.274. The first kappa shape index (κ1) is 25.9. The highest BCUT2D eigenvalue weighted by Crippen LogP contribution is 2.23. The van der Waals surface area contributed by atoms with Crippen molar-refractivity contribution in [1.82, 2.24) is 9.62 Å². The van der Waals surface area contributed by atoms with Crippen LogP contribution in [0.15, 0.2) is 53.4 Å². The summed E-state index contributed by atoms with van der Waals surface area (Å²) in [4.78, 5) is 13.6. The first-order valence-corrected chi connectivity index (χ1v) is 12.2. The quantitative estimate of drug-likeness (QED) is 0.509. The molecule has 32 heavy (non-hydrogen) atoms. The predicted molar refractivity (Wildman–Crippen MR) is 113 cm³/mol. The summed E-state index contributed by atoms with van der Waals surface area (Å²) in [6.45, 7) is 0.0162. The Balaban J connectivity index is 2.13. The molecule has 2 aromatic carbocycles. The van der Waals surface area contributed by atoms with Crippen molar-refractivity contribution in [3.8, 4) is 5.75 Å². The largest absolute Gasteiger partial charge is 0.573 e. The molecule has 2 rings (SSSR count). The Morgan fingerprint density at radius 2 is 1.78 bits per heavy atom. The number of hydrogen-bond donors (Lipinski definition) is 1. The maximum absolute atomic E-state index is 14.0. The maximum atomic E-state index is 14.0. The van der Waals surface area contributed by atoms with Gasteiger partial charge >= 0.3 is 6.36 Å². The van der Waals surface area contributed by atoms with Gasteiger partial charge in [-0.15, -0.1) is 13.2 Å². The lowest BCUT2D eigenvalue weighted by Gasteiger charge is -2.25. The van der Waals surface area contributed by atoms with Crippen LogP contribution >= 0.6 is 11.8 Å². The number of thioether (sulfide) groups is 1. The third kappa shape index (κ3) is 7.68. The summed E-state index contributed by atoms with van der Waals surface area (Å²) in [7, 11) is -2.86. The van der Waals surface area contributed by atoms with Crippen LogP contribution in [0.5, 0.6) is 5.75 Å². The van der Waals surface area contributed by atoms with Crippen LogP contribution in [0, 0.1) is 5.82 Å². The minimum Gasteiger partial charge on any atom is -0.406 e. The number of hydrogen-bond acceptors (Lipinski definition) is 5. The molecule has 0 aliphatic rings. The second kappa shape index (κ2) is 11.0. The lowest BCUT2D eigenvalue weighted by Crippen LogP contribution is -2.47. The molecule has 0 bridgehead atoms. The number of ether oxygens (including phenoxy) is 1. The summed E-state index contributed by atoms with van der Waals surface area (Å²) in [6.07, 6.45) is -2.86. The average Bonchev–Trinajstić information content (AvgIpc) is 2.71. The van der Waals surface area contributed by atoms with E-state index in [1.165, 1.54) is 48.0 Å². The highest BCUT2D eigenvalue weighted by molar-refractivity contribution is 7.98. The summed E-state index contributed by atoms with van der Waals surface area (Å²) in [6, 6.07) is 8.65. The van der Waals surface area contributed by atoms with Crippen molar-refractivity contribution in [1.29, 1.82) is 0 Å². The number of halogens is 4. The van der Waals surface area contributed by atoms with E-state index >= 15 is 0 Å². The van der Waals surface area contributed by atoms with Gasteiger partial charge in [0.2, 0.25) is 15.9 Å². The molecule has 1 atom stereocenters. The number of likely N-dealkylation sites (N-methyl/N-ethyl adjacent to an activating group) is 1. The van der Waals surface area contributed by atoms with Gasteiger partial charge in [-0.05, 0) is 48.3 Å². The maximum Gasteiger partial charge on any atom is 0.573 e. The fraction of sp³-hybridized carbons (Fsp3) is 0.350. The summed E-state index contributed by atoms with van der Waals surface area (Å²) in [5.41, 5.74) is 0.510. The molecule has 2 aromatic rings. The molecule has 0 saturated carbocycles. The summed E-state index contributed by atoms with van der Waals surface area (Å²) in [5, 5.41) is 0. The predicted octanol–water partition coefficient (Wildman–Crippen LogP) is 3.78. The van der Waals surface area contributed by atoms with E-state index in [9.17, 15) is 30.8 Å². The van der Waals surface area contributed by atoms with Crippen LogP contribution in [0.25, 0.3) is 0 Å².